The van der Waals surface area contributed by atoms with Gasteiger partial charge in [0, 0.05) is 12.4 Å². The molecule has 0 aliphatic heterocycles. The van der Waals surface area contributed by atoms with Crippen LogP contribution < -0.4 is 10.0 Å². The molecule has 0 spiro atoms. The molecule has 2 N–H and O–H groups in total. The number of sulfonamides is 1. The molecule has 0 bridgehead atoms. The van der Waals surface area contributed by atoms with Crippen molar-refractivity contribution in [1.29, 1.82) is 0 Å². The zero-order valence-electron chi connectivity index (χ0n) is 9.61. The van der Waals surface area contributed by atoms with Gasteiger partial charge in [0.05, 0.1) is 15.9 Å². The normalized spacial score (nSPS) is 11.4. The van der Waals surface area contributed by atoms with Crippen LogP contribution in [0, 0.1) is 0 Å². The molecule has 0 aromatic carbocycles. The van der Waals surface area contributed by atoms with Crippen molar-refractivity contribution in [3.63, 3.8) is 0 Å². The van der Waals surface area contributed by atoms with Crippen LogP contribution in [-0.4, -0.2) is 32.7 Å². The number of anilines is 1. The highest BCUT2D eigenvalue weighted by atomic mass is 79.9. The maximum atomic E-state index is 11.7. The summed E-state index contributed by atoms with van der Waals surface area (Å²) >= 11 is 3.24. The van der Waals surface area contributed by atoms with E-state index in [2.05, 4.69) is 31.0 Å². The molecule has 7 heteroatoms. The predicted octanol–water partition coefficient (Wildman–Crippen LogP) is 1.59. The summed E-state index contributed by atoms with van der Waals surface area (Å²) in [5.41, 5.74) is 0.522. The second kappa shape index (κ2) is 6.93. The average molecular weight is 322 g/mol. The fourth-order valence-electron chi connectivity index (χ4n) is 1.27. The Morgan fingerprint density at radius 3 is 2.82 bits per heavy atom. The van der Waals surface area contributed by atoms with Gasteiger partial charge in [0.1, 0.15) is 0 Å². The number of aromatic nitrogens is 1. The third kappa shape index (κ3) is 5.47. The number of rotatable bonds is 7. The number of nitrogens with one attached hydrogen (secondary N) is 2. The molecule has 5 nitrogen and oxygen atoms in total. The number of hydrogen-bond acceptors (Lipinski definition) is 4. The number of halogens is 1. The van der Waals surface area contributed by atoms with Gasteiger partial charge in [0.25, 0.3) is 0 Å². The van der Waals surface area contributed by atoms with E-state index in [1.165, 1.54) is 0 Å². The fraction of sp³-hybridized carbons (Fsp3) is 0.500. The van der Waals surface area contributed by atoms with Crippen molar-refractivity contribution in [2.24, 2.45) is 0 Å². The summed E-state index contributed by atoms with van der Waals surface area (Å²) in [4.78, 5) is 3.87. The van der Waals surface area contributed by atoms with E-state index in [1.807, 2.05) is 7.05 Å². The lowest BCUT2D eigenvalue weighted by Crippen LogP contribution is -2.18. The summed E-state index contributed by atoms with van der Waals surface area (Å²) in [6, 6.07) is 1.62. The van der Waals surface area contributed by atoms with E-state index in [4.69, 9.17) is 0 Å². The van der Waals surface area contributed by atoms with Crippen LogP contribution in [0.1, 0.15) is 12.8 Å². The molecule has 96 valence electrons. The van der Waals surface area contributed by atoms with E-state index >= 15 is 0 Å². The average Bonchev–Trinajstić information content (AvgIpc) is 2.28. The second-order valence-electron chi connectivity index (χ2n) is 3.59. The van der Waals surface area contributed by atoms with Crippen LogP contribution in [0.4, 0.5) is 5.69 Å². The molecular weight excluding hydrogens is 306 g/mol. The zero-order valence-corrected chi connectivity index (χ0v) is 12.0. The molecule has 1 aromatic rings. The van der Waals surface area contributed by atoms with Gasteiger partial charge in [0.2, 0.25) is 10.0 Å². The van der Waals surface area contributed by atoms with E-state index in [-0.39, 0.29) is 5.75 Å². The molecular formula is C10H16BrN3O2S. The molecule has 0 radical (unpaired) electrons. The van der Waals surface area contributed by atoms with Gasteiger partial charge in [-0.25, -0.2) is 8.42 Å². The van der Waals surface area contributed by atoms with Crippen molar-refractivity contribution in [3.8, 4) is 0 Å². The molecule has 17 heavy (non-hydrogen) atoms. The van der Waals surface area contributed by atoms with Crippen molar-refractivity contribution in [1.82, 2.24) is 10.3 Å². The molecule has 0 saturated carbocycles. The zero-order chi connectivity index (χ0) is 12.7. The van der Waals surface area contributed by atoms with Gasteiger partial charge in [-0.05, 0) is 48.4 Å². The Kier molecular flexibility index (Phi) is 5.87. The molecule has 0 aliphatic rings. The predicted molar refractivity (Wildman–Crippen MR) is 72.5 cm³/mol. The monoisotopic (exact) mass is 321 g/mol. The Morgan fingerprint density at radius 2 is 2.18 bits per heavy atom. The highest BCUT2D eigenvalue weighted by molar-refractivity contribution is 9.10. The quantitative estimate of drug-likeness (QED) is 0.748. The molecule has 0 amide bonds. The van der Waals surface area contributed by atoms with Crippen molar-refractivity contribution in [2.75, 3.05) is 24.1 Å². The first kappa shape index (κ1) is 14.4. The summed E-state index contributed by atoms with van der Waals surface area (Å²) in [6.07, 6.45) is 4.58. The first-order valence-corrected chi connectivity index (χ1v) is 7.74. The second-order valence-corrected chi connectivity index (χ2v) is 6.28. The van der Waals surface area contributed by atoms with Crippen LogP contribution in [0.2, 0.25) is 0 Å². The lowest BCUT2D eigenvalue weighted by Gasteiger charge is -2.08. The highest BCUT2D eigenvalue weighted by Crippen LogP contribution is 2.21. The first-order chi connectivity index (χ1) is 8.05. The highest BCUT2D eigenvalue weighted by Gasteiger charge is 2.11. The molecule has 0 atom stereocenters. The van der Waals surface area contributed by atoms with Gasteiger partial charge in [-0.2, -0.15) is 0 Å². The van der Waals surface area contributed by atoms with Crippen LogP contribution in [-0.2, 0) is 10.0 Å². The lowest BCUT2D eigenvalue weighted by atomic mass is 10.3. The summed E-state index contributed by atoms with van der Waals surface area (Å²) < 4.78 is 26.7. The standard InChI is InChI=1S/C10H16BrN3O2S/c1-12-5-2-3-7-17(15,16)14-10-4-6-13-8-9(10)11/h4,6,8,12H,2-3,5,7H2,1H3,(H,13,14). The Balaban J connectivity index is 2.52. The van der Waals surface area contributed by atoms with E-state index in [0.29, 0.717) is 16.6 Å². The van der Waals surface area contributed by atoms with E-state index < -0.39 is 10.0 Å². The summed E-state index contributed by atoms with van der Waals surface area (Å²) in [5.74, 6) is 0.128. The largest absolute Gasteiger partial charge is 0.320 e. The minimum atomic E-state index is -3.27. The summed E-state index contributed by atoms with van der Waals surface area (Å²) in [7, 11) is -1.43. The maximum absolute atomic E-state index is 11.7. The van der Waals surface area contributed by atoms with Crippen molar-refractivity contribution >= 4 is 31.6 Å². The molecule has 0 saturated heterocycles. The van der Waals surface area contributed by atoms with Crippen molar-refractivity contribution < 1.29 is 8.42 Å². The molecule has 0 fully saturated rings. The Bertz CT molecular complexity index is 451. The van der Waals surface area contributed by atoms with E-state index in [0.717, 1.165) is 13.0 Å². The molecule has 0 unspecified atom stereocenters. The van der Waals surface area contributed by atoms with E-state index in [9.17, 15) is 8.42 Å². The van der Waals surface area contributed by atoms with Crippen molar-refractivity contribution in [3.05, 3.63) is 22.9 Å². The third-order valence-corrected chi connectivity index (χ3v) is 4.12. The van der Waals surface area contributed by atoms with Gasteiger partial charge in [-0.15, -0.1) is 0 Å². The third-order valence-electron chi connectivity index (χ3n) is 2.13. The number of pyridine rings is 1. The maximum Gasteiger partial charge on any atom is 0.232 e. The Morgan fingerprint density at radius 1 is 1.41 bits per heavy atom. The van der Waals surface area contributed by atoms with Gasteiger partial charge in [-0.3, -0.25) is 9.71 Å². The lowest BCUT2D eigenvalue weighted by molar-refractivity contribution is 0.595. The molecule has 0 aliphatic carbocycles. The minimum absolute atomic E-state index is 0.128. The Hall–Kier alpha value is -0.660. The Labute approximate surface area is 110 Å². The van der Waals surface area contributed by atoms with Crippen LogP contribution >= 0.6 is 15.9 Å². The van der Waals surface area contributed by atoms with E-state index in [1.54, 1.807) is 18.5 Å². The smallest absolute Gasteiger partial charge is 0.232 e. The summed E-state index contributed by atoms with van der Waals surface area (Å²) in [5, 5.41) is 2.98. The molecule has 1 aromatic heterocycles. The minimum Gasteiger partial charge on any atom is -0.320 e. The van der Waals surface area contributed by atoms with Crippen molar-refractivity contribution in [2.45, 2.75) is 12.8 Å². The van der Waals surface area contributed by atoms with Gasteiger partial charge in [-0.1, -0.05) is 0 Å². The SMILES string of the molecule is CNCCCCS(=O)(=O)Nc1ccncc1Br. The fourth-order valence-corrected chi connectivity index (χ4v) is 2.95. The molecule has 1 heterocycles. The first-order valence-electron chi connectivity index (χ1n) is 5.30. The van der Waals surface area contributed by atoms with Gasteiger partial charge >= 0.3 is 0 Å². The van der Waals surface area contributed by atoms with Crippen LogP contribution in [0.25, 0.3) is 0 Å². The van der Waals surface area contributed by atoms with Crippen LogP contribution in [0.15, 0.2) is 22.9 Å². The number of unbranched alkanes of at least 4 members (excludes halogenated alkanes) is 1. The van der Waals surface area contributed by atoms with Gasteiger partial charge in [0.15, 0.2) is 0 Å². The van der Waals surface area contributed by atoms with Crippen LogP contribution in [0.5, 0.6) is 0 Å². The summed E-state index contributed by atoms with van der Waals surface area (Å²) in [6.45, 7) is 0.828. The topological polar surface area (TPSA) is 71.1 Å². The number of nitrogens with zero attached hydrogens (tertiary/aromatic N) is 1. The number of hydrogen-bond donors (Lipinski definition) is 2. The molecule has 1 rings (SSSR count). The van der Waals surface area contributed by atoms with Gasteiger partial charge < -0.3 is 5.32 Å². The van der Waals surface area contributed by atoms with Crippen LogP contribution in [0.3, 0.4) is 0 Å².